The highest BCUT2D eigenvalue weighted by Crippen LogP contribution is 2.27. The standard InChI is InChI=1S/C20H21Cl3N2O2/c1-13(20(27)24-2)25(12-15-17(22)8-5-9-18(15)23)19(26)11-10-14-6-3-4-7-16(14)21/h3-9,13H,10-12H2,1-2H3,(H,24,27)/t13-/m1/s1. The first-order valence-corrected chi connectivity index (χ1v) is 9.66. The summed E-state index contributed by atoms with van der Waals surface area (Å²) < 4.78 is 0. The largest absolute Gasteiger partial charge is 0.357 e. The smallest absolute Gasteiger partial charge is 0.242 e. The van der Waals surface area contributed by atoms with Crippen LogP contribution in [0, 0.1) is 0 Å². The summed E-state index contributed by atoms with van der Waals surface area (Å²) in [6.45, 7) is 1.82. The first-order valence-electron chi connectivity index (χ1n) is 8.52. The van der Waals surface area contributed by atoms with Gasteiger partial charge in [-0.25, -0.2) is 0 Å². The van der Waals surface area contributed by atoms with Crippen LogP contribution in [0.1, 0.15) is 24.5 Å². The molecule has 2 aromatic carbocycles. The van der Waals surface area contributed by atoms with Gasteiger partial charge in [-0.15, -0.1) is 0 Å². The molecule has 27 heavy (non-hydrogen) atoms. The number of likely N-dealkylation sites (N-methyl/N-ethyl adjacent to an activating group) is 1. The first kappa shape index (κ1) is 21.5. The van der Waals surface area contributed by atoms with E-state index >= 15 is 0 Å². The molecule has 1 atom stereocenters. The quantitative estimate of drug-likeness (QED) is 0.693. The number of hydrogen-bond donors (Lipinski definition) is 1. The molecule has 0 heterocycles. The lowest BCUT2D eigenvalue weighted by Crippen LogP contribution is -2.46. The highest BCUT2D eigenvalue weighted by Gasteiger charge is 2.26. The number of nitrogens with one attached hydrogen (secondary N) is 1. The molecule has 2 rings (SSSR count). The van der Waals surface area contributed by atoms with Crippen LogP contribution >= 0.6 is 34.8 Å². The molecule has 0 bridgehead atoms. The van der Waals surface area contributed by atoms with Crippen LogP contribution in [0.4, 0.5) is 0 Å². The van der Waals surface area contributed by atoms with Gasteiger partial charge in [0.15, 0.2) is 0 Å². The third kappa shape index (κ3) is 5.61. The van der Waals surface area contributed by atoms with Crippen LogP contribution in [0.15, 0.2) is 42.5 Å². The SMILES string of the molecule is CNC(=O)[C@@H](C)N(Cc1c(Cl)cccc1Cl)C(=O)CCc1ccccc1Cl. The fraction of sp³-hybridized carbons (Fsp3) is 0.300. The van der Waals surface area contributed by atoms with Gasteiger partial charge < -0.3 is 10.2 Å². The average molecular weight is 428 g/mol. The van der Waals surface area contributed by atoms with Gasteiger partial charge in [0.2, 0.25) is 11.8 Å². The van der Waals surface area contributed by atoms with E-state index in [1.807, 2.05) is 18.2 Å². The van der Waals surface area contributed by atoms with Gasteiger partial charge >= 0.3 is 0 Å². The number of carbonyl (C=O) groups is 2. The van der Waals surface area contributed by atoms with E-state index in [2.05, 4.69) is 5.32 Å². The molecule has 0 spiro atoms. The molecule has 4 nitrogen and oxygen atoms in total. The fourth-order valence-corrected chi connectivity index (χ4v) is 3.48. The summed E-state index contributed by atoms with van der Waals surface area (Å²) in [6, 6.07) is 11.9. The number of rotatable bonds is 7. The molecule has 2 aromatic rings. The van der Waals surface area contributed by atoms with Crippen molar-refractivity contribution in [3.63, 3.8) is 0 Å². The van der Waals surface area contributed by atoms with Crippen molar-refractivity contribution in [1.82, 2.24) is 10.2 Å². The van der Waals surface area contributed by atoms with Gasteiger partial charge in [-0.3, -0.25) is 9.59 Å². The van der Waals surface area contributed by atoms with E-state index in [1.165, 1.54) is 11.9 Å². The van der Waals surface area contributed by atoms with E-state index < -0.39 is 6.04 Å². The number of amides is 2. The highest BCUT2D eigenvalue weighted by atomic mass is 35.5. The van der Waals surface area contributed by atoms with E-state index in [1.54, 1.807) is 31.2 Å². The molecular weight excluding hydrogens is 407 g/mol. The molecule has 0 aliphatic carbocycles. The van der Waals surface area contributed by atoms with Crippen LogP contribution in [-0.4, -0.2) is 29.8 Å². The van der Waals surface area contributed by atoms with Crippen LogP contribution in [0.2, 0.25) is 15.1 Å². The van der Waals surface area contributed by atoms with E-state index in [4.69, 9.17) is 34.8 Å². The van der Waals surface area contributed by atoms with Crippen LogP contribution in [0.25, 0.3) is 0 Å². The zero-order valence-corrected chi connectivity index (χ0v) is 17.4. The minimum atomic E-state index is -0.666. The Labute approximate surface area is 174 Å². The molecule has 0 aromatic heterocycles. The third-order valence-corrected chi connectivity index (χ3v) is 5.45. The van der Waals surface area contributed by atoms with Gasteiger partial charge in [-0.05, 0) is 37.1 Å². The minimum Gasteiger partial charge on any atom is -0.357 e. The lowest BCUT2D eigenvalue weighted by atomic mass is 10.1. The number of benzene rings is 2. The molecule has 0 saturated carbocycles. The second-order valence-corrected chi connectivity index (χ2v) is 7.33. The van der Waals surface area contributed by atoms with Gasteiger partial charge in [-0.2, -0.15) is 0 Å². The Balaban J connectivity index is 2.22. The molecule has 7 heteroatoms. The number of halogens is 3. The third-order valence-electron chi connectivity index (χ3n) is 4.37. The first-order chi connectivity index (χ1) is 12.8. The molecule has 0 fully saturated rings. The summed E-state index contributed by atoms with van der Waals surface area (Å²) in [5.74, 6) is -0.439. The number of carbonyl (C=O) groups excluding carboxylic acids is 2. The van der Waals surface area contributed by atoms with Crippen molar-refractivity contribution in [2.45, 2.75) is 32.4 Å². The van der Waals surface area contributed by atoms with E-state index in [-0.39, 0.29) is 24.8 Å². The summed E-state index contributed by atoms with van der Waals surface area (Å²) in [7, 11) is 1.54. The molecule has 144 valence electrons. The van der Waals surface area contributed by atoms with Crippen LogP contribution in [0.5, 0.6) is 0 Å². The van der Waals surface area contributed by atoms with Gasteiger partial charge in [0.05, 0.1) is 0 Å². The normalized spacial score (nSPS) is 11.7. The summed E-state index contributed by atoms with van der Waals surface area (Å²) in [6.07, 6.45) is 0.693. The minimum absolute atomic E-state index is 0.147. The Hall–Kier alpha value is -1.75. The zero-order valence-electron chi connectivity index (χ0n) is 15.1. The maximum atomic E-state index is 12.9. The molecule has 1 N–H and O–H groups in total. The summed E-state index contributed by atoms with van der Waals surface area (Å²) in [5.41, 5.74) is 1.50. The summed E-state index contributed by atoms with van der Waals surface area (Å²) >= 11 is 18.7. The molecular formula is C20H21Cl3N2O2. The molecule has 2 amide bonds. The molecule has 0 saturated heterocycles. The van der Waals surface area contributed by atoms with E-state index in [9.17, 15) is 9.59 Å². The predicted octanol–water partition coefficient (Wildman–Crippen LogP) is 4.74. The molecule has 0 aliphatic heterocycles. The van der Waals surface area contributed by atoms with Crippen molar-refractivity contribution in [2.24, 2.45) is 0 Å². The zero-order chi connectivity index (χ0) is 20.0. The fourth-order valence-electron chi connectivity index (χ4n) is 2.73. The van der Waals surface area contributed by atoms with Crippen LogP contribution in [-0.2, 0) is 22.6 Å². The lowest BCUT2D eigenvalue weighted by Gasteiger charge is -2.29. The molecule has 0 radical (unpaired) electrons. The van der Waals surface area contributed by atoms with E-state index in [0.29, 0.717) is 27.1 Å². The maximum absolute atomic E-state index is 12.9. The molecule has 0 unspecified atom stereocenters. The number of nitrogens with zero attached hydrogens (tertiary/aromatic N) is 1. The van der Waals surface area contributed by atoms with Crippen molar-refractivity contribution in [1.29, 1.82) is 0 Å². The van der Waals surface area contributed by atoms with Gasteiger partial charge in [0, 0.05) is 40.6 Å². The van der Waals surface area contributed by atoms with Gasteiger partial charge in [-0.1, -0.05) is 59.1 Å². The number of hydrogen-bond acceptors (Lipinski definition) is 2. The second kappa shape index (κ2) is 9.98. The Morgan fingerprint density at radius 3 is 2.19 bits per heavy atom. The predicted molar refractivity (Wildman–Crippen MR) is 110 cm³/mol. The lowest BCUT2D eigenvalue weighted by molar-refractivity contribution is -0.140. The topological polar surface area (TPSA) is 49.4 Å². The van der Waals surface area contributed by atoms with Crippen molar-refractivity contribution >= 4 is 46.6 Å². The van der Waals surface area contributed by atoms with Crippen LogP contribution in [0.3, 0.4) is 0 Å². The van der Waals surface area contributed by atoms with Gasteiger partial charge in [0.25, 0.3) is 0 Å². The Morgan fingerprint density at radius 2 is 1.59 bits per heavy atom. The van der Waals surface area contributed by atoms with E-state index in [0.717, 1.165) is 5.56 Å². The van der Waals surface area contributed by atoms with Gasteiger partial charge in [0.1, 0.15) is 6.04 Å². The Kier molecular flexibility index (Phi) is 7.96. The van der Waals surface area contributed by atoms with Crippen molar-refractivity contribution < 1.29 is 9.59 Å². The summed E-state index contributed by atoms with van der Waals surface area (Å²) in [5, 5.41) is 4.10. The van der Waals surface area contributed by atoms with Crippen LogP contribution < -0.4 is 5.32 Å². The van der Waals surface area contributed by atoms with Crippen molar-refractivity contribution in [3.05, 3.63) is 68.7 Å². The average Bonchev–Trinajstić information content (AvgIpc) is 2.65. The molecule has 0 aliphatic rings. The van der Waals surface area contributed by atoms with Crippen molar-refractivity contribution in [3.8, 4) is 0 Å². The number of aryl methyl sites for hydroxylation is 1. The Bertz CT molecular complexity index is 806. The maximum Gasteiger partial charge on any atom is 0.242 e. The Morgan fingerprint density at radius 1 is 1.00 bits per heavy atom. The summed E-state index contributed by atoms with van der Waals surface area (Å²) in [4.78, 5) is 26.6. The second-order valence-electron chi connectivity index (χ2n) is 6.10. The van der Waals surface area contributed by atoms with Crippen molar-refractivity contribution in [2.75, 3.05) is 7.05 Å². The monoisotopic (exact) mass is 426 g/mol. The highest BCUT2D eigenvalue weighted by molar-refractivity contribution is 6.36.